The Labute approximate surface area is 124 Å². The molecular weight excluding hydrogens is 306 g/mol. The largest absolute Gasteiger partial charge is 0.328 e. The van der Waals surface area contributed by atoms with E-state index in [1.54, 1.807) is 4.31 Å². The van der Waals surface area contributed by atoms with Crippen molar-refractivity contribution in [2.45, 2.75) is 36.9 Å². The zero-order chi connectivity index (χ0) is 13.3. The van der Waals surface area contributed by atoms with Crippen LogP contribution in [-0.2, 0) is 10.0 Å². The van der Waals surface area contributed by atoms with Gasteiger partial charge in [0.15, 0.2) is 4.21 Å². The van der Waals surface area contributed by atoms with Crippen molar-refractivity contribution in [3.05, 3.63) is 11.2 Å². The molecular formula is C11H20ClN3O2S2. The summed E-state index contributed by atoms with van der Waals surface area (Å²) in [5, 5.41) is 0.773. The number of piperidine rings is 1. The van der Waals surface area contributed by atoms with E-state index in [4.69, 9.17) is 5.73 Å². The first-order chi connectivity index (χ1) is 8.41. The first kappa shape index (κ1) is 16.8. The summed E-state index contributed by atoms with van der Waals surface area (Å²) in [4.78, 5) is 4.02. The van der Waals surface area contributed by atoms with Gasteiger partial charge in [-0.05, 0) is 32.6 Å². The highest BCUT2D eigenvalue weighted by Gasteiger charge is 2.32. The van der Waals surface area contributed by atoms with Crippen molar-refractivity contribution in [2.75, 3.05) is 13.1 Å². The Kier molecular flexibility index (Phi) is 5.76. The van der Waals surface area contributed by atoms with E-state index in [0.717, 1.165) is 17.8 Å². The van der Waals surface area contributed by atoms with E-state index in [9.17, 15) is 8.42 Å². The molecule has 110 valence electrons. The number of thiazole rings is 1. The van der Waals surface area contributed by atoms with Gasteiger partial charge < -0.3 is 5.73 Å². The topological polar surface area (TPSA) is 76.3 Å². The lowest BCUT2D eigenvalue weighted by molar-refractivity contribution is 0.243. The Morgan fingerprint density at radius 2 is 2.26 bits per heavy atom. The van der Waals surface area contributed by atoms with Crippen LogP contribution in [0.1, 0.15) is 24.8 Å². The zero-order valence-electron chi connectivity index (χ0n) is 11.1. The molecule has 0 aromatic carbocycles. The van der Waals surface area contributed by atoms with E-state index in [0.29, 0.717) is 17.3 Å². The van der Waals surface area contributed by atoms with Gasteiger partial charge in [0.25, 0.3) is 10.0 Å². The third kappa shape index (κ3) is 3.66. The van der Waals surface area contributed by atoms with E-state index >= 15 is 0 Å². The van der Waals surface area contributed by atoms with Crippen LogP contribution in [0.4, 0.5) is 0 Å². The Morgan fingerprint density at radius 3 is 2.79 bits per heavy atom. The lowest BCUT2D eigenvalue weighted by Gasteiger charge is -2.33. The summed E-state index contributed by atoms with van der Waals surface area (Å²) in [5.74, 6) is 0.252. The molecule has 19 heavy (non-hydrogen) atoms. The average molecular weight is 326 g/mol. The summed E-state index contributed by atoms with van der Waals surface area (Å²) >= 11 is 1.23. The van der Waals surface area contributed by atoms with Crippen molar-refractivity contribution in [3.63, 3.8) is 0 Å². The van der Waals surface area contributed by atoms with Crippen LogP contribution in [0.25, 0.3) is 0 Å². The van der Waals surface area contributed by atoms with E-state index in [1.807, 2.05) is 13.8 Å². The van der Waals surface area contributed by atoms with E-state index in [2.05, 4.69) is 4.98 Å². The minimum Gasteiger partial charge on any atom is -0.328 e. The van der Waals surface area contributed by atoms with Gasteiger partial charge in [-0.2, -0.15) is 4.31 Å². The molecule has 1 fully saturated rings. The Balaban J connectivity index is 0.00000180. The van der Waals surface area contributed by atoms with Crippen molar-refractivity contribution >= 4 is 33.8 Å². The van der Waals surface area contributed by atoms with Crippen molar-refractivity contribution in [2.24, 2.45) is 11.7 Å². The van der Waals surface area contributed by atoms with Crippen LogP contribution in [0.2, 0.25) is 0 Å². The summed E-state index contributed by atoms with van der Waals surface area (Å²) < 4.78 is 26.7. The van der Waals surface area contributed by atoms with Gasteiger partial charge in [-0.3, -0.25) is 0 Å². The highest BCUT2D eigenvalue weighted by atomic mass is 35.5. The lowest BCUT2D eigenvalue weighted by atomic mass is 9.93. The molecule has 2 unspecified atom stereocenters. The molecule has 2 heterocycles. The monoisotopic (exact) mass is 325 g/mol. The summed E-state index contributed by atoms with van der Waals surface area (Å²) in [6.45, 7) is 4.86. The summed E-state index contributed by atoms with van der Waals surface area (Å²) in [6.07, 6.45) is 3.33. The molecule has 2 atom stereocenters. The quantitative estimate of drug-likeness (QED) is 0.916. The highest BCUT2D eigenvalue weighted by molar-refractivity contribution is 7.91. The number of halogens is 1. The molecule has 5 nitrogen and oxygen atoms in total. The molecule has 2 rings (SSSR count). The molecule has 1 aromatic rings. The summed E-state index contributed by atoms with van der Waals surface area (Å²) in [7, 11) is -3.37. The third-order valence-corrected chi connectivity index (χ3v) is 6.57. The van der Waals surface area contributed by atoms with Gasteiger partial charge in [0, 0.05) is 19.1 Å². The number of nitrogens with two attached hydrogens (primary N) is 1. The second kappa shape index (κ2) is 6.49. The Morgan fingerprint density at radius 1 is 1.58 bits per heavy atom. The van der Waals surface area contributed by atoms with E-state index in [1.165, 1.54) is 17.5 Å². The fraction of sp³-hybridized carbons (Fsp3) is 0.727. The Hall–Kier alpha value is -0.210. The minimum atomic E-state index is -3.37. The fourth-order valence-electron chi connectivity index (χ4n) is 2.21. The molecule has 1 aliphatic rings. The van der Waals surface area contributed by atoms with Crippen LogP contribution in [0.15, 0.2) is 10.4 Å². The molecule has 1 saturated heterocycles. The molecule has 8 heteroatoms. The van der Waals surface area contributed by atoms with Crippen LogP contribution in [0, 0.1) is 12.8 Å². The van der Waals surface area contributed by atoms with Gasteiger partial charge in [0.1, 0.15) is 0 Å². The number of hydrogen-bond donors (Lipinski definition) is 1. The van der Waals surface area contributed by atoms with Gasteiger partial charge in [-0.1, -0.05) is 0 Å². The van der Waals surface area contributed by atoms with Crippen LogP contribution in [0.5, 0.6) is 0 Å². The second-order valence-corrected chi connectivity index (χ2v) is 8.22. The maximum absolute atomic E-state index is 12.4. The molecule has 2 N–H and O–H groups in total. The Bertz CT molecular complexity index is 516. The van der Waals surface area contributed by atoms with Crippen molar-refractivity contribution < 1.29 is 8.42 Å². The lowest BCUT2D eigenvalue weighted by Crippen LogP contribution is -2.44. The number of aromatic nitrogens is 1. The molecule has 1 aromatic heterocycles. The molecule has 0 bridgehead atoms. The predicted octanol–water partition coefficient (Wildman–Crippen LogP) is 1.62. The van der Waals surface area contributed by atoms with Crippen LogP contribution < -0.4 is 5.73 Å². The van der Waals surface area contributed by atoms with E-state index in [-0.39, 0.29) is 24.4 Å². The first-order valence-corrected chi connectivity index (χ1v) is 8.35. The first-order valence-electron chi connectivity index (χ1n) is 6.09. The van der Waals surface area contributed by atoms with Crippen molar-refractivity contribution in [1.29, 1.82) is 0 Å². The van der Waals surface area contributed by atoms with Gasteiger partial charge in [-0.25, -0.2) is 13.4 Å². The molecule has 0 aliphatic carbocycles. The fourth-order valence-corrected chi connectivity index (χ4v) is 5.01. The predicted molar refractivity (Wildman–Crippen MR) is 79.2 cm³/mol. The van der Waals surface area contributed by atoms with Crippen LogP contribution in [0.3, 0.4) is 0 Å². The van der Waals surface area contributed by atoms with Crippen molar-refractivity contribution in [1.82, 2.24) is 9.29 Å². The van der Waals surface area contributed by atoms with Crippen molar-refractivity contribution in [3.8, 4) is 0 Å². The average Bonchev–Trinajstić information content (AvgIpc) is 2.77. The SMILES string of the molecule is Cc1ncc(S(=O)(=O)N2CCCC(C(C)N)C2)s1.Cl. The molecule has 0 saturated carbocycles. The normalized spacial score (nSPS) is 22.8. The van der Waals surface area contributed by atoms with Gasteiger partial charge in [-0.15, -0.1) is 23.7 Å². The summed E-state index contributed by atoms with van der Waals surface area (Å²) in [6, 6.07) is 0.0335. The maximum Gasteiger partial charge on any atom is 0.254 e. The number of hydrogen-bond acceptors (Lipinski definition) is 5. The highest BCUT2D eigenvalue weighted by Crippen LogP contribution is 2.27. The molecule has 1 aliphatic heterocycles. The van der Waals surface area contributed by atoms with E-state index < -0.39 is 10.0 Å². The number of rotatable bonds is 3. The zero-order valence-corrected chi connectivity index (χ0v) is 13.5. The number of nitrogens with zero attached hydrogens (tertiary/aromatic N) is 2. The van der Waals surface area contributed by atoms with Gasteiger partial charge in [0.05, 0.1) is 11.2 Å². The van der Waals surface area contributed by atoms with Gasteiger partial charge in [0.2, 0.25) is 0 Å². The molecule has 0 radical (unpaired) electrons. The molecule has 0 spiro atoms. The third-order valence-electron chi connectivity index (χ3n) is 3.36. The number of aryl methyl sites for hydroxylation is 1. The smallest absolute Gasteiger partial charge is 0.254 e. The minimum absolute atomic E-state index is 0. The maximum atomic E-state index is 12.4. The summed E-state index contributed by atoms with van der Waals surface area (Å²) in [5.41, 5.74) is 5.88. The van der Waals surface area contributed by atoms with Gasteiger partial charge >= 0.3 is 0 Å². The van der Waals surface area contributed by atoms with Crippen LogP contribution >= 0.6 is 23.7 Å². The molecule has 0 amide bonds. The standard InChI is InChI=1S/C11H19N3O2S2.ClH/c1-8(12)10-4-3-5-14(7-10)18(15,16)11-6-13-9(2)17-11;/h6,8,10H,3-5,7,12H2,1-2H3;1H. The van der Waals surface area contributed by atoms with Crippen LogP contribution in [-0.4, -0.2) is 36.8 Å². The number of sulfonamides is 1. The second-order valence-electron chi connectivity index (χ2n) is 4.82.